The van der Waals surface area contributed by atoms with Gasteiger partial charge in [0, 0.05) is 21.3 Å². The molecule has 1 aliphatic rings. The number of carbonyl (C=O) groups is 2. The Morgan fingerprint density at radius 3 is 2.29 bits per heavy atom. The van der Waals surface area contributed by atoms with Gasteiger partial charge in [-0.3, -0.25) is 14.5 Å². The second-order valence-corrected chi connectivity index (χ2v) is 8.12. The van der Waals surface area contributed by atoms with Gasteiger partial charge in [0.25, 0.3) is 11.7 Å². The summed E-state index contributed by atoms with van der Waals surface area (Å²) in [6, 6.07) is 20.7. The van der Waals surface area contributed by atoms with Gasteiger partial charge in [0.1, 0.15) is 11.5 Å². The number of nitrogens with zero attached hydrogens (tertiary/aromatic N) is 1. The van der Waals surface area contributed by atoms with Gasteiger partial charge in [-0.05, 0) is 36.8 Å². The summed E-state index contributed by atoms with van der Waals surface area (Å²) < 4.78 is 6.37. The van der Waals surface area contributed by atoms with Crippen molar-refractivity contribution in [2.75, 3.05) is 12.0 Å². The summed E-state index contributed by atoms with van der Waals surface area (Å²) in [6.45, 7) is 1.88. The fourth-order valence-corrected chi connectivity index (χ4v) is 4.13. The fraction of sp³-hybridized carbons (Fsp3) is 0.120. The van der Waals surface area contributed by atoms with E-state index in [1.165, 1.54) is 12.0 Å². The molecule has 3 aromatic carbocycles. The Bertz CT molecular complexity index is 1200. The molecule has 31 heavy (non-hydrogen) atoms. The van der Waals surface area contributed by atoms with E-state index in [1.54, 1.807) is 42.5 Å². The maximum Gasteiger partial charge on any atom is 0.300 e. The number of amides is 1. The number of benzene rings is 3. The van der Waals surface area contributed by atoms with Crippen LogP contribution in [0.25, 0.3) is 5.76 Å². The van der Waals surface area contributed by atoms with Gasteiger partial charge in [-0.25, -0.2) is 0 Å². The number of aliphatic hydroxyl groups excluding tert-OH is 1. The number of ether oxygens (including phenoxy) is 1. The summed E-state index contributed by atoms with van der Waals surface area (Å²) in [5.41, 5.74) is 2.54. The van der Waals surface area contributed by atoms with E-state index in [4.69, 9.17) is 4.74 Å². The normalized spacial score (nSPS) is 17.8. The fourth-order valence-electron chi connectivity index (χ4n) is 3.86. The number of Topliss-reactive ketones (excluding diaryl/α,β-unsaturated/α-hetero) is 1. The molecular weight excluding hydrogens is 458 g/mol. The molecule has 1 saturated heterocycles. The lowest BCUT2D eigenvalue weighted by atomic mass is 9.94. The lowest BCUT2D eigenvalue weighted by Crippen LogP contribution is -2.30. The van der Waals surface area contributed by atoms with E-state index in [0.717, 1.165) is 10.0 Å². The Hall–Kier alpha value is -3.38. The van der Waals surface area contributed by atoms with E-state index in [2.05, 4.69) is 15.9 Å². The summed E-state index contributed by atoms with van der Waals surface area (Å²) >= 11 is 3.37. The van der Waals surface area contributed by atoms with Gasteiger partial charge in [-0.1, -0.05) is 64.5 Å². The topological polar surface area (TPSA) is 66.8 Å². The second-order valence-electron chi connectivity index (χ2n) is 7.20. The number of halogens is 1. The molecule has 1 aliphatic heterocycles. The first-order valence-electron chi connectivity index (χ1n) is 9.69. The van der Waals surface area contributed by atoms with E-state index in [-0.39, 0.29) is 11.3 Å². The standard InChI is InChI=1S/C25H20BrNO4/c1-15-7-3-5-9-19(15)27-22(18-8-4-6-10-20(18)31-2)21(24(29)25(27)30)23(28)16-11-13-17(26)14-12-16/h3-14,22,28H,1-2H3/b23-21+. The third-order valence-electron chi connectivity index (χ3n) is 5.37. The van der Waals surface area contributed by atoms with Crippen molar-refractivity contribution in [1.82, 2.24) is 0 Å². The summed E-state index contributed by atoms with van der Waals surface area (Å²) in [5, 5.41) is 11.2. The third-order valence-corrected chi connectivity index (χ3v) is 5.90. The van der Waals surface area contributed by atoms with E-state index in [0.29, 0.717) is 22.6 Å². The zero-order valence-corrected chi connectivity index (χ0v) is 18.6. The van der Waals surface area contributed by atoms with Gasteiger partial charge in [-0.2, -0.15) is 0 Å². The SMILES string of the molecule is COc1ccccc1C1/C(=C(\O)c2ccc(Br)cc2)C(=O)C(=O)N1c1ccccc1C. The number of rotatable bonds is 4. The maximum atomic E-state index is 13.2. The van der Waals surface area contributed by atoms with Crippen molar-refractivity contribution in [2.24, 2.45) is 0 Å². The zero-order valence-electron chi connectivity index (χ0n) is 17.0. The zero-order chi connectivity index (χ0) is 22.1. The molecule has 0 aliphatic carbocycles. The molecule has 1 unspecified atom stereocenters. The van der Waals surface area contributed by atoms with Crippen molar-refractivity contribution in [3.05, 3.63) is 99.5 Å². The molecule has 6 heteroatoms. The Morgan fingerprint density at radius 2 is 1.61 bits per heavy atom. The molecule has 1 amide bonds. The third kappa shape index (κ3) is 3.64. The molecule has 5 nitrogen and oxygen atoms in total. The van der Waals surface area contributed by atoms with Crippen molar-refractivity contribution in [3.63, 3.8) is 0 Å². The average molecular weight is 478 g/mol. The van der Waals surface area contributed by atoms with Crippen molar-refractivity contribution < 1.29 is 19.4 Å². The Balaban J connectivity index is 2.00. The number of carbonyl (C=O) groups excluding carboxylic acids is 2. The second kappa shape index (κ2) is 8.40. The van der Waals surface area contributed by atoms with Gasteiger partial charge in [0.2, 0.25) is 0 Å². The summed E-state index contributed by atoms with van der Waals surface area (Å²) in [4.78, 5) is 27.9. The number of anilines is 1. The highest BCUT2D eigenvalue weighted by Crippen LogP contribution is 2.45. The number of hydrogen-bond acceptors (Lipinski definition) is 4. The number of ketones is 1. The molecular formula is C25H20BrNO4. The van der Waals surface area contributed by atoms with E-state index in [9.17, 15) is 14.7 Å². The van der Waals surface area contributed by atoms with Crippen LogP contribution in [0.2, 0.25) is 0 Å². The molecule has 3 aromatic rings. The molecule has 0 aromatic heterocycles. The summed E-state index contributed by atoms with van der Waals surface area (Å²) in [7, 11) is 1.54. The molecule has 1 N–H and O–H groups in total. The molecule has 0 saturated carbocycles. The summed E-state index contributed by atoms with van der Waals surface area (Å²) in [6.07, 6.45) is 0. The van der Waals surface area contributed by atoms with Crippen molar-refractivity contribution in [3.8, 4) is 5.75 Å². The van der Waals surface area contributed by atoms with Crippen LogP contribution in [-0.2, 0) is 9.59 Å². The maximum absolute atomic E-state index is 13.2. The average Bonchev–Trinajstić information content (AvgIpc) is 3.04. The highest BCUT2D eigenvalue weighted by Gasteiger charge is 2.48. The van der Waals surface area contributed by atoms with Gasteiger partial charge >= 0.3 is 0 Å². The first kappa shape index (κ1) is 20.9. The van der Waals surface area contributed by atoms with Crippen LogP contribution >= 0.6 is 15.9 Å². The van der Waals surface area contributed by atoms with Crippen molar-refractivity contribution in [1.29, 1.82) is 0 Å². The van der Waals surface area contributed by atoms with E-state index in [1.807, 2.05) is 37.3 Å². The van der Waals surface area contributed by atoms with Crippen LogP contribution in [-0.4, -0.2) is 23.9 Å². The van der Waals surface area contributed by atoms with Gasteiger partial charge in [0.15, 0.2) is 0 Å². The number of methoxy groups -OCH3 is 1. The van der Waals surface area contributed by atoms with E-state index >= 15 is 0 Å². The lowest BCUT2D eigenvalue weighted by molar-refractivity contribution is -0.132. The first-order valence-corrected chi connectivity index (χ1v) is 10.5. The molecule has 156 valence electrons. The molecule has 0 radical (unpaired) electrons. The molecule has 0 bridgehead atoms. The predicted octanol–water partition coefficient (Wildman–Crippen LogP) is 5.39. The van der Waals surface area contributed by atoms with Gasteiger partial charge in [0.05, 0.1) is 18.7 Å². The van der Waals surface area contributed by atoms with Crippen molar-refractivity contribution >= 4 is 39.1 Å². The van der Waals surface area contributed by atoms with Crippen LogP contribution in [0, 0.1) is 6.92 Å². The Labute approximate surface area is 188 Å². The van der Waals surface area contributed by atoms with Gasteiger partial charge in [-0.15, -0.1) is 0 Å². The molecule has 1 fully saturated rings. The minimum atomic E-state index is -0.833. The van der Waals surface area contributed by atoms with Crippen LogP contribution in [0.15, 0.2) is 82.8 Å². The minimum absolute atomic E-state index is 0.0278. The highest BCUT2D eigenvalue weighted by molar-refractivity contribution is 9.10. The highest BCUT2D eigenvalue weighted by atomic mass is 79.9. The predicted molar refractivity (Wildman–Crippen MR) is 123 cm³/mol. The monoisotopic (exact) mass is 477 g/mol. The summed E-state index contributed by atoms with van der Waals surface area (Å²) in [5.74, 6) is -1.13. The minimum Gasteiger partial charge on any atom is -0.507 e. The van der Waals surface area contributed by atoms with Crippen molar-refractivity contribution in [2.45, 2.75) is 13.0 Å². The molecule has 1 heterocycles. The number of para-hydroxylation sites is 2. The van der Waals surface area contributed by atoms with E-state index < -0.39 is 17.7 Å². The van der Waals surface area contributed by atoms with Crippen LogP contribution in [0.3, 0.4) is 0 Å². The smallest absolute Gasteiger partial charge is 0.300 e. The van der Waals surface area contributed by atoms with Crippen LogP contribution < -0.4 is 9.64 Å². The number of aryl methyl sites for hydroxylation is 1. The Kier molecular flexibility index (Phi) is 5.65. The Morgan fingerprint density at radius 1 is 0.968 bits per heavy atom. The lowest BCUT2D eigenvalue weighted by Gasteiger charge is -2.27. The first-order chi connectivity index (χ1) is 14.9. The largest absolute Gasteiger partial charge is 0.507 e. The quantitative estimate of drug-likeness (QED) is 0.310. The van der Waals surface area contributed by atoms with Crippen LogP contribution in [0.5, 0.6) is 5.75 Å². The number of hydrogen-bond donors (Lipinski definition) is 1. The number of aliphatic hydroxyl groups is 1. The van der Waals surface area contributed by atoms with Gasteiger partial charge < -0.3 is 9.84 Å². The molecule has 1 atom stereocenters. The van der Waals surface area contributed by atoms with Crippen LogP contribution in [0.4, 0.5) is 5.69 Å². The molecule has 0 spiro atoms. The van der Waals surface area contributed by atoms with Crippen LogP contribution in [0.1, 0.15) is 22.7 Å². The molecule has 4 rings (SSSR count).